The maximum atomic E-state index is 12.1. The number of halogens is 1. The zero-order valence-corrected chi connectivity index (χ0v) is 12.9. The molecule has 0 aliphatic heterocycles. The normalized spacial score (nSPS) is 10.0. The number of rotatable bonds is 6. The SMILES string of the molecule is COc1ccc(C(=O)COc2cccc(C=O)c2)cc1Br. The van der Waals surface area contributed by atoms with Crippen molar-refractivity contribution in [2.45, 2.75) is 0 Å². The summed E-state index contributed by atoms with van der Waals surface area (Å²) < 4.78 is 11.2. The van der Waals surface area contributed by atoms with Crippen molar-refractivity contribution < 1.29 is 19.1 Å². The van der Waals surface area contributed by atoms with Gasteiger partial charge in [0.1, 0.15) is 17.8 Å². The van der Waals surface area contributed by atoms with Gasteiger partial charge in [0.25, 0.3) is 0 Å². The van der Waals surface area contributed by atoms with Gasteiger partial charge in [-0.1, -0.05) is 12.1 Å². The third-order valence-electron chi connectivity index (χ3n) is 2.84. The molecule has 0 radical (unpaired) electrons. The molecule has 0 aliphatic rings. The lowest BCUT2D eigenvalue weighted by atomic mass is 10.1. The average molecular weight is 349 g/mol. The molecule has 0 unspecified atom stereocenters. The molecule has 0 N–H and O–H groups in total. The monoisotopic (exact) mass is 348 g/mol. The number of carbonyl (C=O) groups excluding carboxylic acids is 2. The van der Waals surface area contributed by atoms with E-state index in [0.717, 1.165) is 6.29 Å². The highest BCUT2D eigenvalue weighted by molar-refractivity contribution is 9.10. The van der Waals surface area contributed by atoms with Crippen LogP contribution in [0, 0.1) is 0 Å². The van der Waals surface area contributed by atoms with Crippen LogP contribution in [-0.4, -0.2) is 25.8 Å². The van der Waals surface area contributed by atoms with Crippen LogP contribution in [0.2, 0.25) is 0 Å². The Hall–Kier alpha value is -2.14. The third kappa shape index (κ3) is 3.92. The Balaban J connectivity index is 2.04. The van der Waals surface area contributed by atoms with Crippen molar-refractivity contribution in [2.24, 2.45) is 0 Å². The standard InChI is InChI=1S/C16H13BrO4/c1-20-16-6-5-12(8-14(16)17)15(19)10-21-13-4-2-3-11(7-13)9-18/h2-9H,10H2,1H3. The van der Waals surface area contributed by atoms with E-state index in [1.165, 1.54) is 0 Å². The first-order valence-corrected chi connectivity index (χ1v) is 6.98. The first kappa shape index (κ1) is 15.3. The molecule has 2 aromatic carbocycles. The molecule has 0 saturated carbocycles. The summed E-state index contributed by atoms with van der Waals surface area (Å²) in [5, 5.41) is 0. The molecule has 2 rings (SSSR count). The number of ether oxygens (including phenoxy) is 2. The average Bonchev–Trinajstić information content (AvgIpc) is 2.52. The Labute approximate surface area is 130 Å². The molecule has 0 saturated heterocycles. The molecule has 0 atom stereocenters. The topological polar surface area (TPSA) is 52.6 Å². The van der Waals surface area contributed by atoms with Crippen molar-refractivity contribution in [1.82, 2.24) is 0 Å². The number of ketones is 1. The van der Waals surface area contributed by atoms with Crippen molar-refractivity contribution in [3.8, 4) is 11.5 Å². The molecule has 0 heterocycles. The smallest absolute Gasteiger partial charge is 0.200 e. The first-order chi connectivity index (χ1) is 10.1. The summed E-state index contributed by atoms with van der Waals surface area (Å²) in [5.41, 5.74) is 1.03. The van der Waals surface area contributed by atoms with Gasteiger partial charge in [0.05, 0.1) is 11.6 Å². The van der Waals surface area contributed by atoms with Gasteiger partial charge in [0.15, 0.2) is 12.4 Å². The van der Waals surface area contributed by atoms with Gasteiger partial charge in [-0.2, -0.15) is 0 Å². The van der Waals surface area contributed by atoms with E-state index in [1.807, 2.05) is 0 Å². The second kappa shape index (κ2) is 7.04. The van der Waals surface area contributed by atoms with Crippen molar-refractivity contribution >= 4 is 28.0 Å². The van der Waals surface area contributed by atoms with Gasteiger partial charge < -0.3 is 9.47 Å². The van der Waals surface area contributed by atoms with E-state index in [9.17, 15) is 9.59 Å². The Kier molecular flexibility index (Phi) is 5.11. The molecule has 2 aromatic rings. The number of methoxy groups -OCH3 is 1. The molecular formula is C16H13BrO4. The van der Waals surface area contributed by atoms with Crippen LogP contribution in [0.4, 0.5) is 0 Å². The fourth-order valence-corrected chi connectivity index (χ4v) is 2.29. The molecule has 0 spiro atoms. The lowest BCUT2D eigenvalue weighted by Gasteiger charge is -2.08. The summed E-state index contributed by atoms with van der Waals surface area (Å²) in [7, 11) is 1.56. The molecule has 108 valence electrons. The molecule has 0 aliphatic carbocycles. The Bertz CT molecular complexity index is 667. The van der Waals surface area contributed by atoms with Gasteiger partial charge in [-0.25, -0.2) is 0 Å². The number of hydrogen-bond donors (Lipinski definition) is 0. The summed E-state index contributed by atoms with van der Waals surface area (Å²) in [5.74, 6) is 0.988. The van der Waals surface area contributed by atoms with Gasteiger partial charge in [-0.15, -0.1) is 0 Å². The zero-order valence-electron chi connectivity index (χ0n) is 11.3. The molecule has 4 nitrogen and oxygen atoms in total. The summed E-state index contributed by atoms with van der Waals surface area (Å²) in [4.78, 5) is 22.7. The second-order valence-corrected chi connectivity index (χ2v) is 5.11. The molecule has 0 amide bonds. The second-order valence-electron chi connectivity index (χ2n) is 4.25. The molecule has 21 heavy (non-hydrogen) atoms. The van der Waals surface area contributed by atoms with Crippen molar-refractivity contribution in [3.63, 3.8) is 0 Å². The predicted molar refractivity (Wildman–Crippen MR) is 82.3 cm³/mol. The van der Waals surface area contributed by atoms with E-state index in [0.29, 0.717) is 27.1 Å². The minimum Gasteiger partial charge on any atom is -0.496 e. The summed E-state index contributed by atoms with van der Waals surface area (Å²) in [6.45, 7) is -0.0962. The zero-order chi connectivity index (χ0) is 15.2. The summed E-state index contributed by atoms with van der Waals surface area (Å²) >= 11 is 3.33. The number of aldehydes is 1. The fourth-order valence-electron chi connectivity index (χ4n) is 1.75. The van der Waals surface area contributed by atoms with Crippen molar-refractivity contribution in [3.05, 3.63) is 58.1 Å². The Morgan fingerprint density at radius 2 is 2.05 bits per heavy atom. The minimum absolute atomic E-state index is 0.0962. The van der Waals surface area contributed by atoms with Crippen LogP contribution in [0.3, 0.4) is 0 Å². The van der Waals surface area contributed by atoms with E-state index < -0.39 is 0 Å². The van der Waals surface area contributed by atoms with Gasteiger partial charge in [0, 0.05) is 11.1 Å². The van der Waals surface area contributed by atoms with Gasteiger partial charge in [0.2, 0.25) is 0 Å². The molecule has 5 heteroatoms. The highest BCUT2D eigenvalue weighted by Gasteiger charge is 2.10. The Morgan fingerprint density at radius 3 is 2.71 bits per heavy atom. The number of Topliss-reactive ketones (excluding diaryl/α,β-unsaturated/α-hetero) is 1. The number of carbonyl (C=O) groups is 2. The van der Waals surface area contributed by atoms with Crippen LogP contribution in [0.15, 0.2) is 46.9 Å². The fraction of sp³-hybridized carbons (Fsp3) is 0.125. The molecule has 0 fully saturated rings. The van der Waals surface area contributed by atoms with Crippen LogP contribution < -0.4 is 9.47 Å². The lowest BCUT2D eigenvalue weighted by Crippen LogP contribution is -2.11. The number of hydrogen-bond acceptors (Lipinski definition) is 4. The maximum absolute atomic E-state index is 12.1. The summed E-state index contributed by atoms with van der Waals surface area (Å²) in [6, 6.07) is 11.7. The highest BCUT2D eigenvalue weighted by atomic mass is 79.9. The summed E-state index contributed by atoms with van der Waals surface area (Å²) in [6.07, 6.45) is 0.731. The Morgan fingerprint density at radius 1 is 1.24 bits per heavy atom. The van der Waals surface area contributed by atoms with Crippen LogP contribution in [0.25, 0.3) is 0 Å². The van der Waals surface area contributed by atoms with Crippen LogP contribution in [0.5, 0.6) is 11.5 Å². The van der Waals surface area contributed by atoms with Gasteiger partial charge in [-0.3, -0.25) is 9.59 Å². The van der Waals surface area contributed by atoms with Crippen LogP contribution in [0.1, 0.15) is 20.7 Å². The van der Waals surface area contributed by atoms with Crippen molar-refractivity contribution in [1.29, 1.82) is 0 Å². The van der Waals surface area contributed by atoms with E-state index in [2.05, 4.69) is 15.9 Å². The lowest BCUT2D eigenvalue weighted by molar-refractivity contribution is 0.0921. The van der Waals surface area contributed by atoms with Crippen LogP contribution in [-0.2, 0) is 0 Å². The highest BCUT2D eigenvalue weighted by Crippen LogP contribution is 2.25. The van der Waals surface area contributed by atoms with E-state index in [1.54, 1.807) is 49.6 Å². The quantitative estimate of drug-likeness (QED) is 0.591. The molecular weight excluding hydrogens is 336 g/mol. The van der Waals surface area contributed by atoms with E-state index in [-0.39, 0.29) is 12.4 Å². The number of benzene rings is 2. The molecule has 0 bridgehead atoms. The van der Waals surface area contributed by atoms with E-state index >= 15 is 0 Å². The minimum atomic E-state index is -0.158. The van der Waals surface area contributed by atoms with Crippen molar-refractivity contribution in [2.75, 3.05) is 13.7 Å². The largest absolute Gasteiger partial charge is 0.496 e. The van der Waals surface area contributed by atoms with Gasteiger partial charge >= 0.3 is 0 Å². The first-order valence-electron chi connectivity index (χ1n) is 6.19. The van der Waals surface area contributed by atoms with Crippen LogP contribution >= 0.6 is 15.9 Å². The molecule has 0 aromatic heterocycles. The third-order valence-corrected chi connectivity index (χ3v) is 3.46. The predicted octanol–water partition coefficient (Wildman–Crippen LogP) is 3.53. The van der Waals surface area contributed by atoms with Gasteiger partial charge in [-0.05, 0) is 46.3 Å². The maximum Gasteiger partial charge on any atom is 0.200 e. The van der Waals surface area contributed by atoms with E-state index in [4.69, 9.17) is 9.47 Å².